The first-order valence-corrected chi connectivity index (χ1v) is 11.6. The van der Waals surface area contributed by atoms with Gasteiger partial charge in [0.05, 0.1) is 27.3 Å². The van der Waals surface area contributed by atoms with Gasteiger partial charge in [0.1, 0.15) is 7.05 Å². The number of benzene rings is 4. The highest BCUT2D eigenvalue weighted by Crippen LogP contribution is 2.42. The number of rotatable bonds is 1. The summed E-state index contributed by atoms with van der Waals surface area (Å²) in [6.07, 6.45) is 2.21. The highest BCUT2D eigenvalue weighted by Gasteiger charge is 2.25. The second-order valence-electron chi connectivity index (χ2n) is 9.55. The fourth-order valence-corrected chi connectivity index (χ4v) is 5.81. The molecule has 0 fully saturated rings. The van der Waals surface area contributed by atoms with Crippen LogP contribution < -0.4 is 4.57 Å². The number of pyridine rings is 2. The smallest absolute Gasteiger partial charge is 0.224 e. The van der Waals surface area contributed by atoms with E-state index in [0.717, 1.165) is 0 Å². The Bertz CT molecular complexity index is 1890. The molecule has 4 aromatic carbocycles. The average molecular weight is 426 g/mol. The summed E-state index contributed by atoms with van der Waals surface area (Å²) in [6.45, 7) is 6.71. The summed E-state index contributed by atoms with van der Waals surface area (Å²) in [7, 11) is 2.18. The van der Waals surface area contributed by atoms with E-state index in [1.807, 2.05) is 0 Å². The van der Waals surface area contributed by atoms with Crippen LogP contribution in [-0.2, 0) is 7.05 Å². The molecule has 33 heavy (non-hydrogen) atoms. The molecule has 158 valence electrons. The topological polar surface area (TPSA) is 8.29 Å². The maximum Gasteiger partial charge on any atom is 0.224 e. The molecule has 0 saturated heterocycles. The highest BCUT2D eigenvalue weighted by molar-refractivity contribution is 6.26. The molecule has 0 amide bonds. The standard InChI is InChI=1S/C31H25N2/c1-18-10-11-24-25-15-19(2)20(3)28-30(25)33(26(24)14-18)27-17-23(21-8-6-5-7-9-21)16-22-12-13-32(4)31(28)29(22)27/h5-17H,1-4H3/q+1. The second kappa shape index (κ2) is 6.32. The van der Waals surface area contributed by atoms with E-state index >= 15 is 0 Å². The third-order valence-corrected chi connectivity index (χ3v) is 7.53. The van der Waals surface area contributed by atoms with Crippen LogP contribution in [0.1, 0.15) is 16.7 Å². The van der Waals surface area contributed by atoms with Crippen LogP contribution in [0.15, 0.2) is 79.0 Å². The molecule has 3 heterocycles. The first-order valence-electron chi connectivity index (χ1n) is 11.6. The SMILES string of the molecule is Cc1ccc2c3cc(C)c(C)c4c3n(c2c1)c1cc(-c2ccccc2)cc2cc[n+](C)c4c21. The lowest BCUT2D eigenvalue weighted by molar-refractivity contribution is -0.643. The van der Waals surface area contributed by atoms with Gasteiger partial charge in [-0.25, -0.2) is 4.57 Å². The molecule has 2 nitrogen and oxygen atoms in total. The molecule has 7 aromatic rings. The Kier molecular flexibility index (Phi) is 3.57. The molecule has 7 rings (SSSR count). The van der Waals surface area contributed by atoms with E-state index in [1.54, 1.807) is 0 Å². The maximum absolute atomic E-state index is 2.53. The van der Waals surface area contributed by atoms with E-state index < -0.39 is 0 Å². The third-order valence-electron chi connectivity index (χ3n) is 7.53. The van der Waals surface area contributed by atoms with Gasteiger partial charge in [0.25, 0.3) is 0 Å². The van der Waals surface area contributed by atoms with Crippen molar-refractivity contribution >= 4 is 49.0 Å². The molecule has 0 aliphatic rings. The van der Waals surface area contributed by atoms with Crippen molar-refractivity contribution in [2.75, 3.05) is 0 Å². The van der Waals surface area contributed by atoms with Crippen molar-refractivity contribution in [3.63, 3.8) is 0 Å². The van der Waals surface area contributed by atoms with Crippen LogP contribution in [0.4, 0.5) is 0 Å². The number of fused-ring (bicyclic) bond motifs is 5. The lowest BCUT2D eigenvalue weighted by Crippen LogP contribution is -2.29. The van der Waals surface area contributed by atoms with Gasteiger partial charge >= 0.3 is 0 Å². The molecule has 0 N–H and O–H groups in total. The zero-order chi connectivity index (χ0) is 22.4. The molecule has 0 atom stereocenters. The van der Waals surface area contributed by atoms with Crippen LogP contribution in [0.2, 0.25) is 0 Å². The van der Waals surface area contributed by atoms with Crippen LogP contribution in [-0.4, -0.2) is 4.40 Å². The van der Waals surface area contributed by atoms with Crippen LogP contribution in [0.25, 0.3) is 60.1 Å². The van der Waals surface area contributed by atoms with Gasteiger partial charge in [-0.15, -0.1) is 0 Å². The van der Waals surface area contributed by atoms with E-state index in [-0.39, 0.29) is 0 Å². The van der Waals surface area contributed by atoms with Crippen molar-refractivity contribution in [2.24, 2.45) is 7.05 Å². The molecule has 0 aliphatic heterocycles. The largest absolute Gasteiger partial charge is 0.307 e. The molecular weight excluding hydrogens is 400 g/mol. The van der Waals surface area contributed by atoms with Gasteiger partial charge in [0, 0.05) is 16.8 Å². The summed E-state index contributed by atoms with van der Waals surface area (Å²) in [5.74, 6) is 0. The Hall–Kier alpha value is -3.91. The van der Waals surface area contributed by atoms with Crippen molar-refractivity contribution in [1.82, 2.24) is 4.40 Å². The van der Waals surface area contributed by atoms with Gasteiger partial charge in [0.2, 0.25) is 5.52 Å². The average Bonchev–Trinajstić information content (AvgIpc) is 3.14. The quantitative estimate of drug-likeness (QED) is 0.147. The van der Waals surface area contributed by atoms with Crippen molar-refractivity contribution < 1.29 is 4.57 Å². The summed E-state index contributed by atoms with van der Waals surface area (Å²) in [5.41, 5.74) is 11.7. The normalized spacial score (nSPS) is 12.2. The monoisotopic (exact) mass is 425 g/mol. The molecule has 0 radical (unpaired) electrons. The van der Waals surface area contributed by atoms with Crippen molar-refractivity contribution in [3.8, 4) is 11.1 Å². The fraction of sp³-hybridized carbons (Fsp3) is 0.129. The molecule has 0 bridgehead atoms. The van der Waals surface area contributed by atoms with Gasteiger partial charge in [-0.3, -0.25) is 0 Å². The molecule has 0 aliphatic carbocycles. The van der Waals surface area contributed by atoms with Crippen molar-refractivity contribution in [3.05, 3.63) is 95.7 Å². The first-order chi connectivity index (χ1) is 16.0. The summed E-state index contributed by atoms with van der Waals surface area (Å²) < 4.78 is 4.84. The molecule has 0 unspecified atom stereocenters. The summed E-state index contributed by atoms with van der Waals surface area (Å²) in [4.78, 5) is 0. The van der Waals surface area contributed by atoms with E-state index in [2.05, 4.69) is 116 Å². The number of hydrogen-bond acceptors (Lipinski definition) is 0. The van der Waals surface area contributed by atoms with E-state index in [0.29, 0.717) is 0 Å². The number of hydrogen-bond donors (Lipinski definition) is 0. The first kappa shape index (κ1) is 18.6. The van der Waals surface area contributed by atoms with E-state index in [9.17, 15) is 0 Å². The lowest BCUT2D eigenvalue weighted by atomic mass is 9.94. The molecular formula is C31H25N2+. The van der Waals surface area contributed by atoms with Gasteiger partial charge < -0.3 is 4.40 Å². The van der Waals surface area contributed by atoms with Gasteiger partial charge in [-0.2, -0.15) is 0 Å². The fourth-order valence-electron chi connectivity index (χ4n) is 5.81. The lowest BCUT2D eigenvalue weighted by Gasteiger charge is -2.15. The Morgan fingerprint density at radius 1 is 0.697 bits per heavy atom. The van der Waals surface area contributed by atoms with Gasteiger partial charge in [-0.05, 0) is 78.2 Å². The predicted octanol–water partition coefficient (Wildman–Crippen LogP) is 7.41. The van der Waals surface area contributed by atoms with Crippen LogP contribution >= 0.6 is 0 Å². The zero-order valence-electron chi connectivity index (χ0n) is 19.4. The molecule has 3 aromatic heterocycles. The van der Waals surface area contributed by atoms with E-state index in [4.69, 9.17) is 0 Å². The molecule has 0 saturated carbocycles. The Labute approximate surface area is 192 Å². The highest BCUT2D eigenvalue weighted by atomic mass is 15.0. The summed E-state index contributed by atoms with van der Waals surface area (Å²) in [5, 5.41) is 6.66. The summed E-state index contributed by atoms with van der Waals surface area (Å²) >= 11 is 0. The number of nitrogens with zero attached hydrogens (tertiary/aromatic N) is 2. The van der Waals surface area contributed by atoms with E-state index in [1.165, 1.54) is 76.8 Å². The molecule has 2 heteroatoms. The van der Waals surface area contributed by atoms with Crippen LogP contribution in [0.5, 0.6) is 0 Å². The number of aromatic nitrogens is 2. The second-order valence-corrected chi connectivity index (χ2v) is 9.55. The van der Waals surface area contributed by atoms with Crippen LogP contribution in [0, 0.1) is 20.8 Å². The Morgan fingerprint density at radius 2 is 1.52 bits per heavy atom. The predicted molar refractivity (Wildman–Crippen MR) is 139 cm³/mol. The minimum absolute atomic E-state index is 1.25. The minimum Gasteiger partial charge on any atom is -0.307 e. The van der Waals surface area contributed by atoms with Crippen molar-refractivity contribution in [1.29, 1.82) is 0 Å². The zero-order valence-corrected chi connectivity index (χ0v) is 19.4. The maximum atomic E-state index is 2.53. The Balaban J connectivity index is 1.87. The number of aryl methyl sites for hydroxylation is 4. The minimum atomic E-state index is 1.25. The third kappa shape index (κ3) is 2.36. The van der Waals surface area contributed by atoms with Crippen molar-refractivity contribution in [2.45, 2.75) is 20.8 Å². The van der Waals surface area contributed by atoms with Gasteiger partial charge in [-0.1, -0.05) is 42.5 Å². The summed E-state index contributed by atoms with van der Waals surface area (Å²) in [6, 6.07) is 27.0. The van der Waals surface area contributed by atoms with Crippen LogP contribution in [0.3, 0.4) is 0 Å². The Morgan fingerprint density at radius 3 is 2.33 bits per heavy atom. The van der Waals surface area contributed by atoms with Gasteiger partial charge in [0.15, 0.2) is 6.20 Å². The molecule has 0 spiro atoms.